The molecule has 2 aromatic heterocycles. The van der Waals surface area contributed by atoms with E-state index in [1.165, 1.54) is 34.9 Å². The first kappa shape index (κ1) is 15.4. The van der Waals surface area contributed by atoms with Crippen molar-refractivity contribution in [1.82, 2.24) is 9.97 Å². The number of nitrogens with two attached hydrogens (primary N) is 1. The molecule has 3 aromatic rings. The first-order valence-electron chi connectivity index (χ1n) is 9.02. The lowest BCUT2D eigenvalue weighted by atomic mass is 9.86. The smallest absolute Gasteiger partial charge is 0.0705 e. The molecule has 3 nitrogen and oxygen atoms in total. The fourth-order valence-corrected chi connectivity index (χ4v) is 3.70. The Morgan fingerprint density at radius 1 is 1.12 bits per heavy atom. The number of fused-ring (bicyclic) bond motifs is 1. The van der Waals surface area contributed by atoms with Gasteiger partial charge in [-0.1, -0.05) is 26.0 Å². The number of pyridine rings is 1. The van der Waals surface area contributed by atoms with Gasteiger partial charge in [-0.25, -0.2) is 0 Å². The molecule has 3 N–H and O–H groups in total. The molecule has 3 heteroatoms. The number of benzene rings is 1. The van der Waals surface area contributed by atoms with Gasteiger partial charge >= 0.3 is 0 Å². The normalized spacial score (nSPS) is 15.1. The Kier molecular flexibility index (Phi) is 3.69. The van der Waals surface area contributed by atoms with Crippen LogP contribution >= 0.6 is 0 Å². The van der Waals surface area contributed by atoms with Gasteiger partial charge < -0.3 is 10.7 Å². The highest BCUT2D eigenvalue weighted by molar-refractivity contribution is 5.90. The van der Waals surface area contributed by atoms with Gasteiger partial charge in [-0.2, -0.15) is 0 Å². The van der Waals surface area contributed by atoms with E-state index in [0.29, 0.717) is 5.92 Å². The van der Waals surface area contributed by atoms with E-state index in [4.69, 9.17) is 10.7 Å². The van der Waals surface area contributed by atoms with Gasteiger partial charge in [0.05, 0.1) is 5.69 Å². The maximum absolute atomic E-state index is 6.51. The molecule has 1 fully saturated rings. The third kappa shape index (κ3) is 2.44. The lowest BCUT2D eigenvalue weighted by Crippen LogP contribution is -2.35. The molecule has 0 unspecified atom stereocenters. The van der Waals surface area contributed by atoms with Gasteiger partial charge in [0, 0.05) is 34.4 Å². The average Bonchev–Trinajstić information content (AvgIpc) is 3.36. The van der Waals surface area contributed by atoms with Gasteiger partial charge in [0.15, 0.2) is 0 Å². The number of nitrogens with one attached hydrogen (secondary N) is 1. The van der Waals surface area contributed by atoms with Crippen LogP contribution in [0.1, 0.15) is 56.6 Å². The largest absolute Gasteiger partial charge is 0.361 e. The molecule has 0 aliphatic heterocycles. The zero-order chi connectivity index (χ0) is 16.7. The summed E-state index contributed by atoms with van der Waals surface area (Å²) in [6.45, 7) is 4.28. The predicted molar refractivity (Wildman–Crippen MR) is 100.0 cm³/mol. The van der Waals surface area contributed by atoms with Crippen molar-refractivity contribution in [2.75, 3.05) is 0 Å². The lowest BCUT2D eigenvalue weighted by molar-refractivity contribution is 0.411. The number of aromatic nitrogens is 2. The van der Waals surface area contributed by atoms with Crippen molar-refractivity contribution in [3.8, 4) is 11.3 Å². The Hall–Kier alpha value is -2.13. The summed E-state index contributed by atoms with van der Waals surface area (Å²) in [4.78, 5) is 8.11. The molecular weight excluding hydrogens is 294 g/mol. The van der Waals surface area contributed by atoms with Crippen LogP contribution in [0, 0.1) is 0 Å². The summed E-state index contributed by atoms with van der Waals surface area (Å²) in [5, 5.41) is 1.34. The second-order valence-electron chi connectivity index (χ2n) is 7.04. The average molecular weight is 319 g/mol. The van der Waals surface area contributed by atoms with Gasteiger partial charge in [-0.15, -0.1) is 0 Å². The van der Waals surface area contributed by atoms with Gasteiger partial charge in [0.2, 0.25) is 0 Å². The van der Waals surface area contributed by atoms with Crippen molar-refractivity contribution in [2.24, 2.45) is 5.73 Å². The van der Waals surface area contributed by atoms with E-state index in [0.717, 1.165) is 24.1 Å². The quantitative estimate of drug-likeness (QED) is 0.689. The molecule has 0 bridgehead atoms. The minimum absolute atomic E-state index is 0.268. The molecule has 1 aliphatic rings. The molecule has 24 heavy (non-hydrogen) atoms. The summed E-state index contributed by atoms with van der Waals surface area (Å²) in [5.74, 6) is 0.681. The van der Waals surface area contributed by atoms with Gasteiger partial charge in [0.1, 0.15) is 0 Å². The van der Waals surface area contributed by atoms with Crippen LogP contribution in [0.15, 0.2) is 42.7 Å². The third-order valence-electron chi connectivity index (χ3n) is 5.64. The Bertz CT molecular complexity index is 852. The fourth-order valence-electron chi connectivity index (χ4n) is 3.70. The minimum atomic E-state index is -0.268. The monoisotopic (exact) mass is 319 g/mol. The van der Waals surface area contributed by atoms with Crippen LogP contribution < -0.4 is 5.73 Å². The number of rotatable bonds is 5. The van der Waals surface area contributed by atoms with Gasteiger partial charge in [-0.05, 0) is 60.9 Å². The highest BCUT2D eigenvalue weighted by Gasteiger charge is 2.29. The summed E-state index contributed by atoms with van der Waals surface area (Å²) in [6.07, 6.45) is 8.42. The van der Waals surface area contributed by atoms with Crippen molar-refractivity contribution >= 4 is 10.9 Å². The summed E-state index contributed by atoms with van der Waals surface area (Å²) in [5.41, 5.74) is 12.4. The highest BCUT2D eigenvalue weighted by Crippen LogP contribution is 2.47. The van der Waals surface area contributed by atoms with Crippen LogP contribution in [-0.2, 0) is 5.54 Å². The van der Waals surface area contributed by atoms with Crippen molar-refractivity contribution < 1.29 is 0 Å². The maximum atomic E-state index is 6.51. The van der Waals surface area contributed by atoms with E-state index in [9.17, 15) is 0 Å². The molecule has 1 saturated carbocycles. The Morgan fingerprint density at radius 3 is 2.54 bits per heavy atom. The molecule has 0 amide bonds. The van der Waals surface area contributed by atoms with E-state index in [1.54, 1.807) is 0 Å². The maximum Gasteiger partial charge on any atom is 0.0705 e. The van der Waals surface area contributed by atoms with Crippen LogP contribution in [0.2, 0.25) is 0 Å². The zero-order valence-electron chi connectivity index (χ0n) is 14.5. The van der Waals surface area contributed by atoms with Crippen LogP contribution in [0.25, 0.3) is 22.2 Å². The van der Waals surface area contributed by atoms with Gasteiger partial charge in [-0.3, -0.25) is 4.98 Å². The number of hydrogen-bond donors (Lipinski definition) is 2. The summed E-state index contributed by atoms with van der Waals surface area (Å²) >= 11 is 0. The summed E-state index contributed by atoms with van der Waals surface area (Å²) < 4.78 is 0. The van der Waals surface area contributed by atoms with Crippen molar-refractivity contribution in [2.45, 2.75) is 51.0 Å². The van der Waals surface area contributed by atoms with Crippen LogP contribution in [0.4, 0.5) is 0 Å². The minimum Gasteiger partial charge on any atom is -0.361 e. The summed E-state index contributed by atoms with van der Waals surface area (Å²) in [7, 11) is 0. The summed E-state index contributed by atoms with van der Waals surface area (Å²) in [6, 6.07) is 10.9. The topological polar surface area (TPSA) is 54.7 Å². The zero-order valence-corrected chi connectivity index (χ0v) is 14.5. The van der Waals surface area contributed by atoms with Crippen molar-refractivity contribution in [3.63, 3.8) is 0 Å². The molecule has 124 valence electrons. The fraction of sp³-hybridized carbons (Fsp3) is 0.381. The molecule has 1 aromatic carbocycles. The predicted octanol–water partition coefficient (Wildman–Crippen LogP) is 5.08. The third-order valence-corrected chi connectivity index (χ3v) is 5.64. The Balaban J connectivity index is 1.79. The molecule has 2 heterocycles. The standard InChI is InChI=1S/C21H25N3/c1-3-21(22,4-2)15-7-9-19(24-13-15)16-8-10-18-17(11-12-23-18)20(16)14-5-6-14/h7-14,23H,3-6,22H2,1-2H3. The number of hydrogen-bond acceptors (Lipinski definition) is 2. The first-order chi connectivity index (χ1) is 11.7. The van der Waals surface area contributed by atoms with Crippen molar-refractivity contribution in [1.29, 1.82) is 0 Å². The SMILES string of the molecule is CCC(N)(CC)c1ccc(-c2ccc3[nH]ccc3c2C2CC2)nc1. The molecule has 1 aliphatic carbocycles. The molecular formula is C21H25N3. The lowest BCUT2D eigenvalue weighted by Gasteiger charge is -2.27. The second-order valence-corrected chi connectivity index (χ2v) is 7.04. The number of H-pyrrole nitrogens is 1. The van der Waals surface area contributed by atoms with Crippen molar-refractivity contribution in [3.05, 3.63) is 53.9 Å². The van der Waals surface area contributed by atoms with Crippen LogP contribution in [0.5, 0.6) is 0 Å². The van der Waals surface area contributed by atoms with Crippen LogP contribution in [-0.4, -0.2) is 9.97 Å². The Morgan fingerprint density at radius 2 is 1.92 bits per heavy atom. The second kappa shape index (κ2) is 5.75. The Labute approximate surface area is 143 Å². The van der Waals surface area contributed by atoms with E-state index >= 15 is 0 Å². The van der Waals surface area contributed by atoms with E-state index in [-0.39, 0.29) is 5.54 Å². The van der Waals surface area contributed by atoms with E-state index in [2.05, 4.69) is 49.2 Å². The molecule has 4 rings (SSSR count). The highest BCUT2D eigenvalue weighted by atomic mass is 14.8. The van der Waals surface area contributed by atoms with E-state index < -0.39 is 0 Å². The molecule has 0 radical (unpaired) electrons. The molecule has 0 spiro atoms. The van der Waals surface area contributed by atoms with Crippen LogP contribution in [0.3, 0.4) is 0 Å². The number of aromatic amines is 1. The van der Waals surface area contributed by atoms with E-state index in [1.807, 2.05) is 12.4 Å². The molecule has 0 saturated heterocycles. The first-order valence-corrected chi connectivity index (χ1v) is 9.02. The number of nitrogens with zero attached hydrogens (tertiary/aromatic N) is 1. The molecule has 0 atom stereocenters. The van der Waals surface area contributed by atoms with Gasteiger partial charge in [0.25, 0.3) is 0 Å².